The molecule has 1 aliphatic rings. The van der Waals surface area contributed by atoms with Crippen molar-refractivity contribution in [1.82, 2.24) is 29.8 Å². The summed E-state index contributed by atoms with van der Waals surface area (Å²) in [5, 5.41) is 6.60. The first kappa shape index (κ1) is 28.2. The smallest absolute Gasteiger partial charge is 0.227 e. The first-order chi connectivity index (χ1) is 18.9. The summed E-state index contributed by atoms with van der Waals surface area (Å²) in [4.78, 5) is 20.6. The second-order valence-electron chi connectivity index (χ2n) is 9.61. The molecule has 0 amide bonds. The molecule has 0 atom stereocenters. The minimum Gasteiger partial charge on any atom is -0.354 e. The Morgan fingerprint density at radius 1 is 1.05 bits per heavy atom. The number of pyridine rings is 1. The standard InChI is InChI=1S/C28H33FN8.C2H6/c1-6-22(20-13-24(29)27-25(14-20)37(17(2)3)19(5)34-27)23-16-32-28(33-18(23)4)35-21-7-8-26(31-15-21)36-11-9-30-10-12-36;1-2/h6-8,13-17,30H,9-12H2,1-5H3,(H,32,33,35);1-2H3/b22-6-;. The molecule has 3 aromatic heterocycles. The largest absolute Gasteiger partial charge is 0.354 e. The average molecular weight is 531 g/mol. The van der Waals surface area contributed by atoms with Gasteiger partial charge in [-0.25, -0.2) is 24.3 Å². The first-order valence-corrected chi connectivity index (χ1v) is 13.7. The predicted molar refractivity (Wildman–Crippen MR) is 158 cm³/mol. The fourth-order valence-electron chi connectivity index (χ4n) is 5.02. The van der Waals surface area contributed by atoms with Crippen LogP contribution in [-0.4, -0.2) is 50.7 Å². The lowest BCUT2D eigenvalue weighted by atomic mass is 9.97. The molecule has 0 bridgehead atoms. The number of hydrogen-bond acceptors (Lipinski definition) is 7. The summed E-state index contributed by atoms with van der Waals surface area (Å²) in [6, 6.07) is 7.73. The SMILES string of the molecule is C/C=C(/c1cc(F)c2nc(C)n(C(C)C)c2c1)c1cnc(Nc2ccc(N3CCNCC3)nc2)nc1C.CC. The van der Waals surface area contributed by atoms with Crippen molar-refractivity contribution in [2.45, 2.75) is 54.5 Å². The summed E-state index contributed by atoms with van der Waals surface area (Å²) >= 11 is 0. The van der Waals surface area contributed by atoms with Gasteiger partial charge in [-0.05, 0) is 70.0 Å². The Kier molecular flexibility index (Phi) is 8.91. The van der Waals surface area contributed by atoms with Crippen molar-refractivity contribution in [2.24, 2.45) is 0 Å². The summed E-state index contributed by atoms with van der Waals surface area (Å²) in [7, 11) is 0. The molecule has 4 heterocycles. The van der Waals surface area contributed by atoms with Gasteiger partial charge in [-0.2, -0.15) is 0 Å². The number of allylic oxidation sites excluding steroid dienone is 1. The van der Waals surface area contributed by atoms with E-state index in [2.05, 4.69) is 53.9 Å². The lowest BCUT2D eigenvalue weighted by molar-refractivity contribution is 0.585. The fourth-order valence-corrected chi connectivity index (χ4v) is 5.02. The van der Waals surface area contributed by atoms with E-state index in [0.717, 1.165) is 71.4 Å². The van der Waals surface area contributed by atoms with Crippen molar-refractivity contribution >= 4 is 34.1 Å². The van der Waals surface area contributed by atoms with Gasteiger partial charge in [0.25, 0.3) is 0 Å². The zero-order valence-electron chi connectivity index (χ0n) is 24.0. The molecular weight excluding hydrogens is 491 g/mol. The van der Waals surface area contributed by atoms with Gasteiger partial charge in [-0.15, -0.1) is 0 Å². The molecule has 1 aromatic carbocycles. The molecule has 39 heavy (non-hydrogen) atoms. The lowest BCUT2D eigenvalue weighted by Crippen LogP contribution is -2.43. The van der Waals surface area contributed by atoms with E-state index in [1.54, 1.807) is 18.5 Å². The van der Waals surface area contributed by atoms with E-state index in [9.17, 15) is 0 Å². The fraction of sp³-hybridized carbons (Fsp3) is 0.400. The molecule has 0 aliphatic carbocycles. The second kappa shape index (κ2) is 12.3. The third-order valence-corrected chi connectivity index (χ3v) is 6.76. The molecule has 0 radical (unpaired) electrons. The highest BCUT2D eigenvalue weighted by Crippen LogP contribution is 2.31. The monoisotopic (exact) mass is 530 g/mol. The number of anilines is 3. The second-order valence-corrected chi connectivity index (χ2v) is 9.61. The summed E-state index contributed by atoms with van der Waals surface area (Å²) in [5.41, 5.74) is 5.30. The molecule has 0 spiro atoms. The van der Waals surface area contributed by atoms with Crippen LogP contribution in [0.15, 0.2) is 42.7 Å². The summed E-state index contributed by atoms with van der Waals surface area (Å²) in [6.45, 7) is 17.8. The third-order valence-electron chi connectivity index (χ3n) is 6.76. The molecule has 2 N–H and O–H groups in total. The summed E-state index contributed by atoms with van der Waals surface area (Å²) in [5.74, 6) is 1.93. The van der Waals surface area contributed by atoms with Gasteiger partial charge in [0.2, 0.25) is 5.95 Å². The minimum absolute atomic E-state index is 0.171. The van der Waals surface area contributed by atoms with Gasteiger partial charge in [0.15, 0.2) is 5.82 Å². The normalized spacial score (nSPS) is 14.0. The van der Waals surface area contributed by atoms with E-state index in [4.69, 9.17) is 0 Å². The van der Waals surface area contributed by atoms with Crippen LogP contribution in [0, 0.1) is 19.7 Å². The number of aryl methyl sites for hydroxylation is 2. The number of hydrogen-bond donors (Lipinski definition) is 2. The van der Waals surface area contributed by atoms with Crippen LogP contribution in [-0.2, 0) is 0 Å². The Balaban J connectivity index is 0.00000172. The van der Waals surface area contributed by atoms with Crippen molar-refractivity contribution in [3.05, 3.63) is 71.2 Å². The lowest BCUT2D eigenvalue weighted by Gasteiger charge is -2.28. The van der Waals surface area contributed by atoms with Crippen LogP contribution in [0.25, 0.3) is 16.6 Å². The number of piperazine rings is 1. The minimum atomic E-state index is -0.331. The van der Waals surface area contributed by atoms with E-state index >= 15 is 4.39 Å². The molecule has 0 saturated carbocycles. The quantitative estimate of drug-likeness (QED) is 0.308. The molecule has 9 heteroatoms. The molecule has 1 saturated heterocycles. The molecule has 4 aromatic rings. The Labute approximate surface area is 230 Å². The van der Waals surface area contributed by atoms with Gasteiger partial charge < -0.3 is 20.1 Å². The van der Waals surface area contributed by atoms with Crippen LogP contribution in [0.5, 0.6) is 0 Å². The number of halogens is 1. The zero-order chi connectivity index (χ0) is 28.1. The van der Waals surface area contributed by atoms with Gasteiger partial charge in [0, 0.05) is 44.0 Å². The van der Waals surface area contributed by atoms with Crippen LogP contribution in [0.4, 0.5) is 21.8 Å². The number of aromatic nitrogens is 5. The van der Waals surface area contributed by atoms with Gasteiger partial charge >= 0.3 is 0 Å². The highest BCUT2D eigenvalue weighted by atomic mass is 19.1. The van der Waals surface area contributed by atoms with Gasteiger partial charge in [-0.1, -0.05) is 19.9 Å². The van der Waals surface area contributed by atoms with Crippen LogP contribution in [0.1, 0.15) is 63.3 Å². The highest BCUT2D eigenvalue weighted by Gasteiger charge is 2.18. The maximum absolute atomic E-state index is 15.1. The van der Waals surface area contributed by atoms with Crippen LogP contribution in [0.3, 0.4) is 0 Å². The number of rotatable bonds is 6. The topological polar surface area (TPSA) is 83.8 Å². The first-order valence-electron chi connectivity index (χ1n) is 13.7. The van der Waals surface area contributed by atoms with Gasteiger partial charge in [0.05, 0.1) is 23.1 Å². The van der Waals surface area contributed by atoms with Crippen molar-refractivity contribution in [3.63, 3.8) is 0 Å². The Morgan fingerprint density at radius 2 is 1.79 bits per heavy atom. The molecule has 1 fully saturated rings. The van der Waals surface area contributed by atoms with Crippen LogP contribution >= 0.6 is 0 Å². The Bertz CT molecular complexity index is 1450. The van der Waals surface area contributed by atoms with E-state index < -0.39 is 0 Å². The van der Waals surface area contributed by atoms with Crippen molar-refractivity contribution in [3.8, 4) is 0 Å². The number of nitrogens with zero attached hydrogens (tertiary/aromatic N) is 6. The molecule has 1 aliphatic heterocycles. The number of fused-ring (bicyclic) bond motifs is 1. The van der Waals surface area contributed by atoms with E-state index in [-0.39, 0.29) is 11.9 Å². The van der Waals surface area contributed by atoms with Crippen LogP contribution < -0.4 is 15.5 Å². The van der Waals surface area contributed by atoms with Gasteiger partial charge in [-0.3, -0.25) is 0 Å². The Hall–Kier alpha value is -3.85. The molecule has 5 rings (SSSR count). The van der Waals surface area contributed by atoms with Crippen molar-refractivity contribution < 1.29 is 4.39 Å². The summed E-state index contributed by atoms with van der Waals surface area (Å²) in [6.07, 6.45) is 5.57. The van der Waals surface area contributed by atoms with E-state index in [0.29, 0.717) is 11.5 Å². The van der Waals surface area contributed by atoms with Crippen molar-refractivity contribution in [2.75, 3.05) is 36.4 Å². The van der Waals surface area contributed by atoms with Crippen LogP contribution in [0.2, 0.25) is 0 Å². The molecule has 206 valence electrons. The summed E-state index contributed by atoms with van der Waals surface area (Å²) < 4.78 is 17.2. The van der Waals surface area contributed by atoms with Gasteiger partial charge in [0.1, 0.15) is 17.2 Å². The van der Waals surface area contributed by atoms with E-state index in [1.165, 1.54) is 0 Å². The maximum Gasteiger partial charge on any atom is 0.227 e. The van der Waals surface area contributed by atoms with E-state index in [1.807, 2.05) is 58.9 Å². The highest BCUT2D eigenvalue weighted by molar-refractivity contribution is 5.87. The average Bonchev–Trinajstić information content (AvgIpc) is 3.29. The third kappa shape index (κ3) is 5.93. The molecule has 8 nitrogen and oxygen atoms in total. The maximum atomic E-state index is 15.1. The Morgan fingerprint density at radius 3 is 2.41 bits per heavy atom. The number of imidazole rings is 1. The van der Waals surface area contributed by atoms with Crippen molar-refractivity contribution in [1.29, 1.82) is 0 Å². The molecular formula is C30H39FN8. The number of benzene rings is 1. The molecule has 0 unspecified atom stereocenters. The number of nitrogens with one attached hydrogen (secondary N) is 2. The zero-order valence-corrected chi connectivity index (χ0v) is 24.0. The predicted octanol–water partition coefficient (Wildman–Crippen LogP) is 6.19.